The van der Waals surface area contributed by atoms with Crippen LogP contribution in [0.15, 0.2) is 23.7 Å². The van der Waals surface area contributed by atoms with E-state index in [1.54, 1.807) is 11.3 Å². The van der Waals surface area contributed by atoms with Crippen molar-refractivity contribution in [2.75, 3.05) is 0 Å². The van der Waals surface area contributed by atoms with Crippen molar-refractivity contribution in [1.29, 1.82) is 0 Å². The van der Waals surface area contributed by atoms with E-state index >= 15 is 0 Å². The van der Waals surface area contributed by atoms with E-state index in [-0.39, 0.29) is 0 Å². The topological polar surface area (TPSA) is 12.9 Å². The van der Waals surface area contributed by atoms with Gasteiger partial charge in [0.25, 0.3) is 0 Å². The average Bonchev–Trinajstić information content (AvgIpc) is 2.34. The molecule has 10 heavy (non-hydrogen) atoms. The fraction of sp³-hybridized carbons (Fsp3) is 0. The Morgan fingerprint density at radius 3 is 3.20 bits per heavy atom. The molecule has 50 valence electrons. The van der Waals surface area contributed by atoms with Crippen molar-refractivity contribution >= 4 is 44.8 Å². The molecule has 2 heterocycles. The van der Waals surface area contributed by atoms with E-state index < -0.39 is 0 Å². The summed E-state index contributed by atoms with van der Waals surface area (Å²) < 4.78 is 1.27. The maximum atomic E-state index is 4.24. The van der Waals surface area contributed by atoms with Crippen LogP contribution in [0.25, 0.3) is 10.9 Å². The summed E-state index contributed by atoms with van der Waals surface area (Å²) in [6.07, 6.45) is 1.83. The number of hydrogen-bond acceptors (Lipinski definition) is 2. The van der Waals surface area contributed by atoms with Crippen LogP contribution in [0.1, 0.15) is 0 Å². The summed E-state index contributed by atoms with van der Waals surface area (Å²) in [6.45, 7) is 0. The highest BCUT2D eigenvalue weighted by atomic mass is 127. The van der Waals surface area contributed by atoms with Gasteiger partial charge in [0.1, 0.15) is 0 Å². The number of nitrogens with zero attached hydrogens (tertiary/aromatic N) is 1. The van der Waals surface area contributed by atoms with Gasteiger partial charge in [-0.1, -0.05) is 6.07 Å². The highest BCUT2D eigenvalue weighted by Gasteiger charge is 1.98. The highest BCUT2D eigenvalue weighted by molar-refractivity contribution is 14.1. The van der Waals surface area contributed by atoms with Crippen LogP contribution in [-0.4, -0.2) is 4.98 Å². The number of aromatic nitrogens is 1. The van der Waals surface area contributed by atoms with Gasteiger partial charge in [-0.3, -0.25) is 4.98 Å². The summed E-state index contributed by atoms with van der Waals surface area (Å²) in [5.74, 6) is 0. The number of pyridine rings is 1. The zero-order valence-corrected chi connectivity index (χ0v) is 8.02. The van der Waals surface area contributed by atoms with E-state index in [1.165, 1.54) is 8.27 Å². The Kier molecular flexibility index (Phi) is 1.61. The second-order valence-electron chi connectivity index (χ2n) is 1.95. The monoisotopic (exact) mass is 261 g/mol. The average molecular weight is 261 g/mol. The first kappa shape index (κ1) is 6.54. The van der Waals surface area contributed by atoms with E-state index in [1.807, 2.05) is 12.3 Å². The Balaban J connectivity index is 2.93. The largest absolute Gasteiger partial charge is 0.254 e. The summed E-state index contributed by atoms with van der Waals surface area (Å²) in [6, 6.07) is 4.05. The van der Waals surface area contributed by atoms with Crippen LogP contribution in [0.5, 0.6) is 0 Å². The Labute approximate surface area is 76.2 Å². The minimum Gasteiger partial charge on any atom is -0.254 e. The smallest absolute Gasteiger partial charge is 0.0943 e. The zero-order valence-electron chi connectivity index (χ0n) is 5.04. The van der Waals surface area contributed by atoms with Crippen molar-refractivity contribution in [3.63, 3.8) is 0 Å². The van der Waals surface area contributed by atoms with Crippen molar-refractivity contribution in [2.45, 2.75) is 0 Å². The molecule has 0 spiro atoms. The van der Waals surface area contributed by atoms with Crippen LogP contribution in [0, 0.1) is 2.88 Å². The molecule has 2 rings (SSSR count). The van der Waals surface area contributed by atoms with Gasteiger partial charge in [-0.2, -0.15) is 0 Å². The van der Waals surface area contributed by atoms with E-state index in [0.717, 1.165) is 5.52 Å². The van der Waals surface area contributed by atoms with Crippen LogP contribution >= 0.6 is 33.9 Å². The molecule has 0 bridgehead atoms. The number of halogens is 1. The van der Waals surface area contributed by atoms with Gasteiger partial charge in [0.05, 0.1) is 8.40 Å². The molecule has 0 atom stereocenters. The molecule has 0 aliphatic rings. The molecule has 0 amide bonds. The number of hydrogen-bond donors (Lipinski definition) is 0. The number of thiophene rings is 1. The molecular formula is C7H4INS. The SMILES string of the molecule is Ic1scc2cccnc12. The van der Waals surface area contributed by atoms with Crippen LogP contribution in [0.2, 0.25) is 0 Å². The predicted molar refractivity (Wildman–Crippen MR) is 52.3 cm³/mol. The Hall–Kier alpha value is -0.160. The fourth-order valence-corrected chi connectivity index (χ4v) is 2.38. The zero-order chi connectivity index (χ0) is 6.97. The second-order valence-corrected chi connectivity index (χ2v) is 4.64. The third-order valence-electron chi connectivity index (χ3n) is 1.31. The fourth-order valence-electron chi connectivity index (χ4n) is 0.848. The van der Waals surface area contributed by atoms with Gasteiger partial charge in [-0.25, -0.2) is 0 Å². The summed E-state index contributed by atoms with van der Waals surface area (Å²) in [5.41, 5.74) is 1.13. The summed E-state index contributed by atoms with van der Waals surface area (Å²) in [7, 11) is 0. The molecule has 0 fully saturated rings. The van der Waals surface area contributed by atoms with Gasteiger partial charge in [-0.05, 0) is 28.7 Å². The van der Waals surface area contributed by atoms with Crippen molar-refractivity contribution in [1.82, 2.24) is 4.98 Å². The minimum absolute atomic E-state index is 1.13. The maximum Gasteiger partial charge on any atom is 0.0943 e. The Bertz CT molecular complexity index is 355. The number of rotatable bonds is 0. The minimum atomic E-state index is 1.13. The van der Waals surface area contributed by atoms with Gasteiger partial charge in [0.2, 0.25) is 0 Å². The normalized spacial score (nSPS) is 10.5. The quantitative estimate of drug-likeness (QED) is 0.664. The van der Waals surface area contributed by atoms with Crippen LogP contribution in [0.3, 0.4) is 0 Å². The van der Waals surface area contributed by atoms with Crippen molar-refractivity contribution in [2.24, 2.45) is 0 Å². The molecule has 2 aromatic heterocycles. The molecule has 0 aliphatic heterocycles. The van der Waals surface area contributed by atoms with Crippen molar-refractivity contribution in [3.8, 4) is 0 Å². The third-order valence-corrected chi connectivity index (χ3v) is 3.36. The number of fused-ring (bicyclic) bond motifs is 1. The Morgan fingerprint density at radius 2 is 2.40 bits per heavy atom. The van der Waals surface area contributed by atoms with Gasteiger partial charge in [0.15, 0.2) is 0 Å². The first-order valence-corrected chi connectivity index (χ1v) is 4.81. The van der Waals surface area contributed by atoms with Gasteiger partial charge < -0.3 is 0 Å². The second kappa shape index (κ2) is 2.47. The molecule has 0 saturated heterocycles. The highest BCUT2D eigenvalue weighted by Crippen LogP contribution is 2.24. The van der Waals surface area contributed by atoms with Gasteiger partial charge in [-0.15, -0.1) is 11.3 Å². The van der Waals surface area contributed by atoms with Crippen LogP contribution < -0.4 is 0 Å². The molecule has 0 N–H and O–H groups in total. The predicted octanol–water partition coefficient (Wildman–Crippen LogP) is 2.90. The van der Waals surface area contributed by atoms with E-state index in [0.29, 0.717) is 0 Å². The standard InChI is InChI=1S/C7H4INS/c8-7-6-5(4-10-7)2-1-3-9-6/h1-4H. The lowest BCUT2D eigenvalue weighted by Crippen LogP contribution is -1.70. The van der Waals surface area contributed by atoms with E-state index in [9.17, 15) is 0 Å². The van der Waals surface area contributed by atoms with E-state index in [2.05, 4.69) is 39.0 Å². The van der Waals surface area contributed by atoms with E-state index in [4.69, 9.17) is 0 Å². The molecule has 0 aromatic carbocycles. The summed E-state index contributed by atoms with van der Waals surface area (Å²) in [4.78, 5) is 4.24. The third kappa shape index (κ3) is 0.932. The summed E-state index contributed by atoms with van der Waals surface area (Å²) in [5, 5.41) is 3.38. The molecule has 0 saturated carbocycles. The summed E-state index contributed by atoms with van der Waals surface area (Å²) >= 11 is 4.05. The molecule has 3 heteroatoms. The molecule has 0 unspecified atom stereocenters. The lowest BCUT2D eigenvalue weighted by atomic mass is 10.3. The van der Waals surface area contributed by atoms with Crippen molar-refractivity contribution in [3.05, 3.63) is 26.6 Å². The first-order chi connectivity index (χ1) is 4.88. The van der Waals surface area contributed by atoms with Crippen LogP contribution in [0.4, 0.5) is 0 Å². The Morgan fingerprint density at radius 1 is 1.50 bits per heavy atom. The molecule has 0 radical (unpaired) electrons. The van der Waals surface area contributed by atoms with Gasteiger partial charge in [0, 0.05) is 17.0 Å². The molecule has 2 aromatic rings. The molecule has 1 nitrogen and oxygen atoms in total. The first-order valence-electron chi connectivity index (χ1n) is 2.85. The molecular weight excluding hydrogens is 257 g/mol. The van der Waals surface area contributed by atoms with Crippen LogP contribution in [-0.2, 0) is 0 Å². The lowest BCUT2D eigenvalue weighted by Gasteiger charge is -1.84. The van der Waals surface area contributed by atoms with Crippen molar-refractivity contribution < 1.29 is 0 Å². The lowest BCUT2D eigenvalue weighted by molar-refractivity contribution is 1.42. The van der Waals surface area contributed by atoms with Gasteiger partial charge >= 0.3 is 0 Å². The maximum absolute atomic E-state index is 4.24. The molecule has 0 aliphatic carbocycles.